The standard InChI is InChI=1S/C24H25N7O4S/c1-14(2)36(34,35)21-8-6-17(13-26-21)27-23(32)22-19-10-15(5-7-20(19)29-30-22)16-9-18(12-25-11-16)28-24(33)31(3)4/h5-14H,1-4H3,(H,27,32)(H,28,33)(H,29,30). The lowest BCUT2D eigenvalue weighted by atomic mass is 10.0. The molecule has 0 bridgehead atoms. The summed E-state index contributed by atoms with van der Waals surface area (Å²) in [5.41, 5.74) is 3.21. The Bertz CT molecular complexity index is 1540. The highest BCUT2D eigenvalue weighted by atomic mass is 32.2. The lowest BCUT2D eigenvalue weighted by Crippen LogP contribution is -2.27. The number of aromatic nitrogens is 4. The molecule has 0 saturated heterocycles. The molecule has 0 radical (unpaired) electrons. The molecule has 0 spiro atoms. The van der Waals surface area contributed by atoms with Gasteiger partial charge in [0.05, 0.1) is 34.5 Å². The van der Waals surface area contributed by atoms with E-state index in [2.05, 4.69) is 30.8 Å². The second-order valence-electron chi connectivity index (χ2n) is 8.55. The molecule has 186 valence electrons. The molecule has 0 aliphatic carbocycles. The lowest BCUT2D eigenvalue weighted by molar-refractivity contribution is 0.102. The van der Waals surface area contributed by atoms with Crippen LogP contribution in [0.2, 0.25) is 0 Å². The van der Waals surface area contributed by atoms with Crippen molar-refractivity contribution < 1.29 is 18.0 Å². The van der Waals surface area contributed by atoms with Gasteiger partial charge in [-0.15, -0.1) is 0 Å². The SMILES string of the molecule is CC(C)S(=O)(=O)c1ccc(NC(=O)c2n[nH]c3ccc(-c4cncc(NC(=O)N(C)C)c4)cc23)cn1. The average Bonchev–Trinajstić information content (AvgIpc) is 3.28. The van der Waals surface area contributed by atoms with Gasteiger partial charge in [-0.05, 0) is 49.7 Å². The molecule has 36 heavy (non-hydrogen) atoms. The Morgan fingerprint density at radius 1 is 0.944 bits per heavy atom. The van der Waals surface area contributed by atoms with Crippen molar-refractivity contribution in [3.05, 3.63) is 60.7 Å². The first-order chi connectivity index (χ1) is 17.1. The molecule has 0 aliphatic heterocycles. The molecule has 4 aromatic rings. The molecule has 3 N–H and O–H groups in total. The number of pyridine rings is 2. The molecule has 12 heteroatoms. The van der Waals surface area contributed by atoms with Crippen molar-refractivity contribution in [1.82, 2.24) is 25.1 Å². The number of carbonyl (C=O) groups excluding carboxylic acids is 2. The Balaban J connectivity index is 1.58. The summed E-state index contributed by atoms with van der Waals surface area (Å²) in [5.74, 6) is -0.482. The van der Waals surface area contributed by atoms with Crippen LogP contribution in [-0.4, -0.2) is 64.8 Å². The smallest absolute Gasteiger partial charge is 0.321 e. The fraction of sp³-hybridized carbons (Fsp3) is 0.208. The number of carbonyl (C=O) groups is 2. The third-order valence-corrected chi connectivity index (χ3v) is 7.48. The van der Waals surface area contributed by atoms with Crippen LogP contribution < -0.4 is 10.6 Å². The maximum Gasteiger partial charge on any atom is 0.321 e. The summed E-state index contributed by atoms with van der Waals surface area (Å²) in [6, 6.07) is 9.82. The minimum atomic E-state index is -3.51. The summed E-state index contributed by atoms with van der Waals surface area (Å²) in [4.78, 5) is 34.5. The van der Waals surface area contributed by atoms with E-state index < -0.39 is 21.0 Å². The van der Waals surface area contributed by atoms with Gasteiger partial charge < -0.3 is 15.5 Å². The molecule has 3 heterocycles. The minimum absolute atomic E-state index is 0.0528. The molecule has 4 rings (SSSR count). The summed E-state index contributed by atoms with van der Waals surface area (Å²) in [6.45, 7) is 3.16. The van der Waals surface area contributed by atoms with Crippen molar-refractivity contribution in [2.75, 3.05) is 24.7 Å². The Morgan fingerprint density at radius 2 is 1.72 bits per heavy atom. The van der Waals surface area contributed by atoms with E-state index >= 15 is 0 Å². The normalized spacial score (nSPS) is 11.5. The average molecular weight is 508 g/mol. The number of sulfone groups is 1. The lowest BCUT2D eigenvalue weighted by Gasteiger charge is -2.12. The number of benzene rings is 1. The topological polar surface area (TPSA) is 150 Å². The third kappa shape index (κ3) is 5.03. The number of hydrogen-bond donors (Lipinski definition) is 3. The van der Waals surface area contributed by atoms with Crippen LogP contribution >= 0.6 is 0 Å². The van der Waals surface area contributed by atoms with Crippen LogP contribution in [0.15, 0.2) is 60.0 Å². The van der Waals surface area contributed by atoms with Crippen LogP contribution in [0.5, 0.6) is 0 Å². The van der Waals surface area contributed by atoms with Gasteiger partial charge in [0.15, 0.2) is 20.6 Å². The zero-order chi connectivity index (χ0) is 26.0. The number of nitrogens with one attached hydrogen (secondary N) is 3. The second-order valence-corrected chi connectivity index (χ2v) is 11.0. The monoisotopic (exact) mass is 507 g/mol. The van der Waals surface area contributed by atoms with Crippen molar-refractivity contribution in [1.29, 1.82) is 0 Å². The molecule has 3 amide bonds. The highest BCUT2D eigenvalue weighted by Crippen LogP contribution is 2.27. The highest BCUT2D eigenvalue weighted by Gasteiger charge is 2.21. The maximum absolute atomic E-state index is 13.0. The fourth-order valence-electron chi connectivity index (χ4n) is 3.32. The van der Waals surface area contributed by atoms with Crippen molar-refractivity contribution in [3.8, 4) is 11.1 Å². The first-order valence-electron chi connectivity index (χ1n) is 11.0. The van der Waals surface area contributed by atoms with Crippen molar-refractivity contribution in [2.45, 2.75) is 24.1 Å². The quantitative estimate of drug-likeness (QED) is 0.361. The van der Waals surface area contributed by atoms with Gasteiger partial charge in [0.1, 0.15) is 0 Å². The van der Waals surface area contributed by atoms with E-state index in [1.54, 1.807) is 58.5 Å². The number of fused-ring (bicyclic) bond motifs is 1. The number of rotatable bonds is 6. The van der Waals surface area contributed by atoms with E-state index in [0.717, 1.165) is 11.1 Å². The van der Waals surface area contributed by atoms with Crippen LogP contribution in [0.1, 0.15) is 24.3 Å². The van der Waals surface area contributed by atoms with Gasteiger partial charge in [-0.3, -0.25) is 14.9 Å². The second kappa shape index (κ2) is 9.74. The van der Waals surface area contributed by atoms with Gasteiger partial charge >= 0.3 is 6.03 Å². The summed E-state index contributed by atoms with van der Waals surface area (Å²) in [7, 11) is -0.226. The van der Waals surface area contributed by atoms with E-state index in [1.165, 1.54) is 23.2 Å². The van der Waals surface area contributed by atoms with Crippen molar-refractivity contribution in [2.24, 2.45) is 0 Å². The number of nitrogens with zero attached hydrogens (tertiary/aromatic N) is 4. The number of anilines is 2. The Hall–Kier alpha value is -4.32. The van der Waals surface area contributed by atoms with Gasteiger partial charge in [-0.2, -0.15) is 5.10 Å². The summed E-state index contributed by atoms with van der Waals surface area (Å²) >= 11 is 0. The summed E-state index contributed by atoms with van der Waals surface area (Å²) in [6.07, 6.45) is 4.50. The first kappa shape index (κ1) is 24.8. The van der Waals surface area contributed by atoms with Gasteiger partial charge in [-0.1, -0.05) is 6.07 Å². The van der Waals surface area contributed by atoms with Crippen LogP contribution in [0, 0.1) is 0 Å². The fourth-order valence-corrected chi connectivity index (χ4v) is 4.26. The van der Waals surface area contributed by atoms with Crippen molar-refractivity contribution >= 4 is 44.1 Å². The van der Waals surface area contributed by atoms with E-state index in [0.29, 0.717) is 22.3 Å². The predicted molar refractivity (Wildman–Crippen MR) is 137 cm³/mol. The van der Waals surface area contributed by atoms with Gasteiger partial charge in [0.25, 0.3) is 5.91 Å². The molecule has 3 aromatic heterocycles. The van der Waals surface area contributed by atoms with Crippen LogP contribution in [0.25, 0.3) is 22.0 Å². The molecule has 0 fully saturated rings. The zero-order valence-electron chi connectivity index (χ0n) is 20.1. The molecule has 1 aromatic carbocycles. The molecule has 0 saturated carbocycles. The van der Waals surface area contributed by atoms with Crippen LogP contribution in [-0.2, 0) is 9.84 Å². The molecule has 0 atom stereocenters. The van der Waals surface area contributed by atoms with E-state index in [-0.39, 0.29) is 16.8 Å². The zero-order valence-corrected chi connectivity index (χ0v) is 20.9. The van der Waals surface area contributed by atoms with E-state index in [4.69, 9.17) is 0 Å². The molecule has 11 nitrogen and oxygen atoms in total. The van der Waals surface area contributed by atoms with Gasteiger partial charge in [0.2, 0.25) is 0 Å². The van der Waals surface area contributed by atoms with Gasteiger partial charge in [0, 0.05) is 31.2 Å². The number of urea groups is 1. The number of H-pyrrole nitrogens is 1. The molecule has 0 unspecified atom stereocenters. The number of hydrogen-bond acceptors (Lipinski definition) is 7. The highest BCUT2D eigenvalue weighted by molar-refractivity contribution is 7.91. The summed E-state index contributed by atoms with van der Waals surface area (Å²) in [5, 5.41) is 12.4. The third-order valence-electron chi connectivity index (χ3n) is 5.41. The molecular weight excluding hydrogens is 482 g/mol. The van der Waals surface area contributed by atoms with E-state index in [9.17, 15) is 18.0 Å². The van der Waals surface area contributed by atoms with Crippen molar-refractivity contribution in [3.63, 3.8) is 0 Å². The van der Waals surface area contributed by atoms with Crippen LogP contribution in [0.3, 0.4) is 0 Å². The number of amides is 3. The molecular formula is C24H25N7O4S. The van der Waals surface area contributed by atoms with Crippen LogP contribution in [0.4, 0.5) is 16.2 Å². The minimum Gasteiger partial charge on any atom is -0.331 e. The Labute approximate surface area is 207 Å². The summed E-state index contributed by atoms with van der Waals surface area (Å²) < 4.78 is 24.5. The maximum atomic E-state index is 13.0. The Morgan fingerprint density at radius 3 is 2.39 bits per heavy atom. The predicted octanol–water partition coefficient (Wildman–Crippen LogP) is 3.55. The molecule has 0 aliphatic rings. The van der Waals surface area contributed by atoms with Gasteiger partial charge in [-0.25, -0.2) is 18.2 Å². The Kier molecular flexibility index (Phi) is 6.71. The largest absolute Gasteiger partial charge is 0.331 e. The van der Waals surface area contributed by atoms with E-state index in [1.807, 2.05) is 6.07 Å². The number of aromatic amines is 1. The first-order valence-corrected chi connectivity index (χ1v) is 12.5.